The molecule has 0 bridgehead atoms. The molecule has 5 nitrogen and oxygen atoms in total. The summed E-state index contributed by atoms with van der Waals surface area (Å²) < 4.78 is 7.25. The van der Waals surface area contributed by atoms with Crippen LogP contribution in [0, 0.1) is 0 Å². The third-order valence-electron chi connectivity index (χ3n) is 5.77. The van der Waals surface area contributed by atoms with Gasteiger partial charge >= 0.3 is 0 Å². The molecule has 0 aliphatic carbocycles. The van der Waals surface area contributed by atoms with Crippen LogP contribution in [0.4, 0.5) is 0 Å². The SMILES string of the molecule is COc1ccc(-c2cc(-c3c[nH]c4ccccc34)n(-c3nc(-c4ccc(Cl)cc4)cs3)n2)cc1. The Bertz CT molecular complexity index is 1600. The van der Waals surface area contributed by atoms with Crippen molar-refractivity contribution in [3.8, 4) is 44.7 Å². The zero-order valence-corrected chi connectivity index (χ0v) is 19.8. The molecule has 0 atom stereocenters. The standard InChI is InChI=1S/C27H19ClN4OS/c1-33-20-12-8-17(9-13-20)24-14-26(22-15-29-23-5-3-2-4-21(22)23)32(31-24)27-30-25(16-34-27)18-6-10-19(28)11-7-18/h2-16,29H,1H3. The number of fused-ring (bicyclic) bond motifs is 1. The summed E-state index contributed by atoms with van der Waals surface area (Å²) in [5, 5.41) is 9.67. The first-order valence-electron chi connectivity index (χ1n) is 10.7. The molecule has 3 heterocycles. The Labute approximate surface area is 205 Å². The lowest BCUT2D eigenvalue weighted by atomic mass is 10.1. The van der Waals surface area contributed by atoms with Gasteiger partial charge in [0.2, 0.25) is 5.13 Å². The van der Waals surface area contributed by atoms with E-state index in [9.17, 15) is 0 Å². The number of ether oxygens (including phenoxy) is 1. The fraction of sp³-hybridized carbons (Fsp3) is 0.0370. The Kier molecular flexibility index (Phi) is 5.17. The molecular weight excluding hydrogens is 464 g/mol. The van der Waals surface area contributed by atoms with E-state index < -0.39 is 0 Å². The quantitative estimate of drug-likeness (QED) is 0.277. The van der Waals surface area contributed by atoms with Gasteiger partial charge in [0.15, 0.2) is 0 Å². The van der Waals surface area contributed by atoms with Gasteiger partial charge in [0.1, 0.15) is 5.75 Å². The van der Waals surface area contributed by atoms with E-state index in [1.807, 2.05) is 76.9 Å². The molecule has 6 rings (SSSR count). The summed E-state index contributed by atoms with van der Waals surface area (Å²) in [5.41, 5.74) is 6.91. The highest BCUT2D eigenvalue weighted by Crippen LogP contribution is 2.35. The highest BCUT2D eigenvalue weighted by Gasteiger charge is 2.18. The fourth-order valence-corrected chi connectivity index (χ4v) is 4.94. The van der Waals surface area contributed by atoms with E-state index in [0.717, 1.165) is 55.6 Å². The van der Waals surface area contributed by atoms with Gasteiger partial charge in [-0.15, -0.1) is 11.3 Å². The van der Waals surface area contributed by atoms with Crippen LogP contribution >= 0.6 is 22.9 Å². The highest BCUT2D eigenvalue weighted by molar-refractivity contribution is 7.12. The van der Waals surface area contributed by atoms with Gasteiger partial charge in [-0.25, -0.2) is 9.67 Å². The number of methoxy groups -OCH3 is 1. The number of H-pyrrole nitrogens is 1. The number of hydrogen-bond donors (Lipinski definition) is 1. The number of halogens is 1. The molecule has 0 spiro atoms. The monoisotopic (exact) mass is 482 g/mol. The molecule has 7 heteroatoms. The van der Waals surface area contributed by atoms with Crippen LogP contribution in [0.1, 0.15) is 0 Å². The summed E-state index contributed by atoms with van der Waals surface area (Å²) in [6.45, 7) is 0. The summed E-state index contributed by atoms with van der Waals surface area (Å²) in [4.78, 5) is 8.29. The van der Waals surface area contributed by atoms with Crippen LogP contribution in [-0.2, 0) is 0 Å². The van der Waals surface area contributed by atoms with E-state index >= 15 is 0 Å². The van der Waals surface area contributed by atoms with Crippen LogP contribution in [0.3, 0.4) is 0 Å². The van der Waals surface area contributed by atoms with Crippen molar-refractivity contribution in [2.45, 2.75) is 0 Å². The number of aromatic nitrogens is 4. The minimum atomic E-state index is 0.706. The van der Waals surface area contributed by atoms with Crippen molar-refractivity contribution < 1.29 is 4.74 Å². The van der Waals surface area contributed by atoms with Crippen molar-refractivity contribution in [1.29, 1.82) is 0 Å². The van der Waals surface area contributed by atoms with Crippen LogP contribution in [0.5, 0.6) is 5.75 Å². The maximum Gasteiger partial charge on any atom is 0.211 e. The Morgan fingerprint density at radius 1 is 0.912 bits per heavy atom. The number of rotatable bonds is 5. The molecule has 3 aromatic heterocycles. The Morgan fingerprint density at radius 3 is 2.44 bits per heavy atom. The second-order valence-electron chi connectivity index (χ2n) is 7.83. The molecule has 0 amide bonds. The van der Waals surface area contributed by atoms with Crippen molar-refractivity contribution in [3.63, 3.8) is 0 Å². The smallest absolute Gasteiger partial charge is 0.211 e. The maximum absolute atomic E-state index is 6.06. The maximum atomic E-state index is 6.06. The first-order chi connectivity index (χ1) is 16.7. The molecule has 6 aromatic rings. The number of aromatic amines is 1. The number of nitrogens with one attached hydrogen (secondary N) is 1. The molecule has 0 saturated carbocycles. The largest absolute Gasteiger partial charge is 0.497 e. The van der Waals surface area contributed by atoms with Crippen molar-refractivity contribution in [2.75, 3.05) is 7.11 Å². The second-order valence-corrected chi connectivity index (χ2v) is 9.10. The molecule has 0 radical (unpaired) electrons. The summed E-state index contributed by atoms with van der Waals surface area (Å²) in [5.74, 6) is 0.813. The van der Waals surface area contributed by atoms with Crippen molar-refractivity contribution >= 4 is 33.8 Å². The topological polar surface area (TPSA) is 55.7 Å². The first-order valence-corrected chi connectivity index (χ1v) is 12.0. The average Bonchev–Trinajstić information content (AvgIpc) is 3.62. The zero-order chi connectivity index (χ0) is 23.1. The number of thiazole rings is 1. The lowest BCUT2D eigenvalue weighted by Gasteiger charge is -2.03. The van der Waals surface area contributed by atoms with Gasteiger partial charge < -0.3 is 9.72 Å². The first kappa shape index (κ1) is 20.7. The van der Waals surface area contributed by atoms with Gasteiger partial charge in [0, 0.05) is 44.2 Å². The van der Waals surface area contributed by atoms with E-state index in [1.54, 1.807) is 18.4 Å². The minimum Gasteiger partial charge on any atom is -0.497 e. The minimum absolute atomic E-state index is 0.706. The van der Waals surface area contributed by atoms with Gasteiger partial charge in [0.05, 0.1) is 24.2 Å². The van der Waals surface area contributed by atoms with E-state index in [0.29, 0.717) is 5.02 Å². The summed E-state index contributed by atoms with van der Waals surface area (Å²) in [6, 6.07) is 26.0. The summed E-state index contributed by atoms with van der Waals surface area (Å²) in [7, 11) is 1.67. The number of para-hydroxylation sites is 1. The zero-order valence-electron chi connectivity index (χ0n) is 18.2. The van der Waals surface area contributed by atoms with Crippen molar-refractivity contribution in [1.82, 2.24) is 19.7 Å². The van der Waals surface area contributed by atoms with E-state index in [-0.39, 0.29) is 0 Å². The third kappa shape index (κ3) is 3.67. The van der Waals surface area contributed by atoms with Crippen LogP contribution in [0.2, 0.25) is 5.02 Å². The van der Waals surface area contributed by atoms with Gasteiger partial charge in [0.25, 0.3) is 0 Å². The third-order valence-corrected chi connectivity index (χ3v) is 6.84. The van der Waals surface area contributed by atoms with E-state index in [4.69, 9.17) is 26.4 Å². The lowest BCUT2D eigenvalue weighted by molar-refractivity contribution is 0.415. The molecule has 3 aromatic carbocycles. The molecule has 166 valence electrons. The summed E-state index contributed by atoms with van der Waals surface area (Å²) in [6.07, 6.45) is 2.03. The van der Waals surface area contributed by atoms with Gasteiger partial charge in [-0.1, -0.05) is 41.9 Å². The Morgan fingerprint density at radius 2 is 1.65 bits per heavy atom. The number of benzene rings is 3. The molecule has 1 N–H and O–H groups in total. The number of hydrogen-bond acceptors (Lipinski definition) is 4. The average molecular weight is 483 g/mol. The van der Waals surface area contributed by atoms with Gasteiger partial charge in [-0.3, -0.25) is 0 Å². The highest BCUT2D eigenvalue weighted by atomic mass is 35.5. The molecule has 0 saturated heterocycles. The second kappa shape index (κ2) is 8.48. The molecule has 0 aliphatic heterocycles. The fourth-order valence-electron chi connectivity index (χ4n) is 4.02. The van der Waals surface area contributed by atoms with Crippen LogP contribution in [0.25, 0.3) is 49.8 Å². The number of nitrogens with zero attached hydrogens (tertiary/aromatic N) is 3. The molecule has 34 heavy (non-hydrogen) atoms. The van der Waals surface area contributed by atoms with Crippen molar-refractivity contribution in [2.24, 2.45) is 0 Å². The predicted molar refractivity (Wildman–Crippen MR) is 139 cm³/mol. The summed E-state index contributed by atoms with van der Waals surface area (Å²) >= 11 is 7.62. The predicted octanol–water partition coefficient (Wildman–Crippen LogP) is 7.47. The van der Waals surface area contributed by atoms with Gasteiger partial charge in [-0.05, 0) is 48.5 Å². The van der Waals surface area contributed by atoms with Crippen LogP contribution < -0.4 is 4.74 Å². The molecule has 0 unspecified atom stereocenters. The molecule has 0 fully saturated rings. The normalized spacial score (nSPS) is 11.2. The van der Waals surface area contributed by atoms with E-state index in [2.05, 4.69) is 23.2 Å². The Hall–Kier alpha value is -3.87. The molecular formula is C27H19ClN4OS. The van der Waals surface area contributed by atoms with Crippen molar-refractivity contribution in [3.05, 3.63) is 95.5 Å². The van der Waals surface area contributed by atoms with Crippen LogP contribution in [0.15, 0.2) is 90.4 Å². The molecule has 0 aliphatic rings. The van der Waals surface area contributed by atoms with Crippen LogP contribution in [-0.4, -0.2) is 26.9 Å². The lowest BCUT2D eigenvalue weighted by Crippen LogP contribution is -1.98. The Balaban J connectivity index is 1.50. The van der Waals surface area contributed by atoms with Gasteiger partial charge in [-0.2, -0.15) is 5.10 Å². The van der Waals surface area contributed by atoms with E-state index in [1.165, 1.54) is 0 Å².